The second kappa shape index (κ2) is 4.57. The molecule has 96 valence electrons. The van der Waals surface area contributed by atoms with Crippen LogP contribution in [0.15, 0.2) is 18.2 Å². The summed E-state index contributed by atoms with van der Waals surface area (Å²) in [6.45, 7) is 2.50. The van der Waals surface area contributed by atoms with E-state index in [1.165, 1.54) is 12.1 Å². The molecule has 5 heteroatoms. The Balaban J connectivity index is 1.84. The molecule has 4 nitrogen and oxygen atoms in total. The maximum Gasteiger partial charge on any atom is 0.201 e. The average molecular weight is 249 g/mol. The maximum atomic E-state index is 13.1. The van der Waals surface area contributed by atoms with E-state index in [2.05, 4.69) is 4.98 Å². The Bertz CT molecular complexity index is 561. The van der Waals surface area contributed by atoms with Crippen LogP contribution in [0.3, 0.4) is 0 Å². The van der Waals surface area contributed by atoms with Crippen LogP contribution in [-0.2, 0) is 11.3 Å². The van der Waals surface area contributed by atoms with Gasteiger partial charge in [-0.05, 0) is 30.9 Å². The number of rotatable bonds is 3. The summed E-state index contributed by atoms with van der Waals surface area (Å²) in [5.41, 5.74) is 7.40. The van der Waals surface area contributed by atoms with E-state index in [4.69, 9.17) is 10.5 Å². The van der Waals surface area contributed by atoms with E-state index in [-0.39, 0.29) is 5.82 Å². The highest BCUT2D eigenvalue weighted by molar-refractivity contribution is 5.78. The Hall–Kier alpha value is -1.62. The molecule has 0 spiro atoms. The standard InChI is InChI=1S/C13H16FN3O/c14-10-1-2-12-11(7-10)16-13(15)17(12)5-3-9-4-6-18-8-9/h1-2,7,9H,3-6,8H2,(H2,15,16). The van der Waals surface area contributed by atoms with E-state index < -0.39 is 0 Å². The lowest BCUT2D eigenvalue weighted by atomic mass is 10.1. The van der Waals surface area contributed by atoms with Crippen LogP contribution >= 0.6 is 0 Å². The van der Waals surface area contributed by atoms with Crippen molar-refractivity contribution in [3.8, 4) is 0 Å². The molecule has 1 unspecified atom stereocenters. The Morgan fingerprint density at radius 2 is 2.39 bits per heavy atom. The molecular formula is C13H16FN3O. The van der Waals surface area contributed by atoms with E-state index in [9.17, 15) is 4.39 Å². The fraction of sp³-hybridized carbons (Fsp3) is 0.462. The van der Waals surface area contributed by atoms with E-state index in [0.717, 1.165) is 38.1 Å². The van der Waals surface area contributed by atoms with Gasteiger partial charge in [0, 0.05) is 25.8 Å². The summed E-state index contributed by atoms with van der Waals surface area (Å²) in [5, 5.41) is 0. The van der Waals surface area contributed by atoms with Crippen molar-refractivity contribution < 1.29 is 9.13 Å². The predicted octanol–water partition coefficient (Wildman–Crippen LogP) is 2.18. The van der Waals surface area contributed by atoms with Gasteiger partial charge in [0.2, 0.25) is 5.95 Å². The zero-order valence-corrected chi connectivity index (χ0v) is 10.1. The number of ether oxygens (including phenoxy) is 1. The lowest BCUT2D eigenvalue weighted by Gasteiger charge is -2.10. The van der Waals surface area contributed by atoms with E-state index in [1.807, 2.05) is 4.57 Å². The topological polar surface area (TPSA) is 53.1 Å². The molecule has 1 aromatic heterocycles. The van der Waals surface area contributed by atoms with Gasteiger partial charge in [-0.2, -0.15) is 0 Å². The second-order valence-corrected chi connectivity index (χ2v) is 4.77. The Morgan fingerprint density at radius 3 is 3.17 bits per heavy atom. The fourth-order valence-corrected chi connectivity index (χ4v) is 2.48. The minimum absolute atomic E-state index is 0.281. The maximum absolute atomic E-state index is 13.1. The molecule has 2 heterocycles. The molecule has 2 aromatic rings. The molecule has 0 radical (unpaired) electrons. The molecular weight excluding hydrogens is 233 g/mol. The van der Waals surface area contributed by atoms with Crippen molar-refractivity contribution in [2.75, 3.05) is 18.9 Å². The first-order valence-corrected chi connectivity index (χ1v) is 6.23. The van der Waals surface area contributed by atoms with Gasteiger partial charge in [-0.3, -0.25) is 0 Å². The minimum atomic E-state index is -0.281. The number of aryl methyl sites for hydroxylation is 1. The summed E-state index contributed by atoms with van der Waals surface area (Å²) in [7, 11) is 0. The van der Waals surface area contributed by atoms with Crippen molar-refractivity contribution in [3.05, 3.63) is 24.0 Å². The number of hydrogen-bond donors (Lipinski definition) is 1. The Morgan fingerprint density at radius 1 is 1.50 bits per heavy atom. The molecule has 1 aliphatic rings. The number of halogens is 1. The van der Waals surface area contributed by atoms with Crippen LogP contribution in [0.5, 0.6) is 0 Å². The lowest BCUT2D eigenvalue weighted by molar-refractivity contribution is 0.183. The molecule has 0 amide bonds. The summed E-state index contributed by atoms with van der Waals surface area (Å²) >= 11 is 0. The molecule has 2 N–H and O–H groups in total. The van der Waals surface area contributed by atoms with Crippen molar-refractivity contribution in [2.24, 2.45) is 5.92 Å². The minimum Gasteiger partial charge on any atom is -0.381 e. The largest absolute Gasteiger partial charge is 0.381 e. The summed E-state index contributed by atoms with van der Waals surface area (Å²) in [6, 6.07) is 4.60. The van der Waals surface area contributed by atoms with Gasteiger partial charge in [-0.1, -0.05) is 0 Å². The smallest absolute Gasteiger partial charge is 0.201 e. The van der Waals surface area contributed by atoms with Gasteiger partial charge in [-0.25, -0.2) is 9.37 Å². The van der Waals surface area contributed by atoms with Crippen molar-refractivity contribution in [2.45, 2.75) is 19.4 Å². The monoisotopic (exact) mass is 249 g/mol. The van der Waals surface area contributed by atoms with Crippen molar-refractivity contribution in [3.63, 3.8) is 0 Å². The van der Waals surface area contributed by atoms with Crippen molar-refractivity contribution in [1.29, 1.82) is 0 Å². The molecule has 1 atom stereocenters. The normalized spacial score (nSPS) is 19.7. The molecule has 0 bridgehead atoms. The zero-order valence-electron chi connectivity index (χ0n) is 10.1. The quantitative estimate of drug-likeness (QED) is 0.907. The van der Waals surface area contributed by atoms with Gasteiger partial charge in [0.1, 0.15) is 5.82 Å². The highest BCUT2D eigenvalue weighted by Crippen LogP contribution is 2.22. The SMILES string of the molecule is Nc1nc2cc(F)ccc2n1CCC1CCOC1. The molecule has 1 aliphatic heterocycles. The Labute approximate surface area is 105 Å². The van der Waals surface area contributed by atoms with Crippen molar-refractivity contribution in [1.82, 2.24) is 9.55 Å². The van der Waals surface area contributed by atoms with Crippen LogP contribution in [0.25, 0.3) is 11.0 Å². The van der Waals surface area contributed by atoms with Crippen LogP contribution in [-0.4, -0.2) is 22.8 Å². The highest BCUT2D eigenvalue weighted by atomic mass is 19.1. The van der Waals surface area contributed by atoms with Gasteiger partial charge in [-0.15, -0.1) is 0 Å². The molecule has 1 fully saturated rings. The van der Waals surface area contributed by atoms with E-state index in [1.54, 1.807) is 6.07 Å². The second-order valence-electron chi connectivity index (χ2n) is 4.77. The van der Waals surface area contributed by atoms with Crippen LogP contribution in [0.2, 0.25) is 0 Å². The summed E-state index contributed by atoms with van der Waals surface area (Å²) in [5.74, 6) is 0.771. The number of aromatic nitrogens is 2. The molecule has 1 aromatic carbocycles. The number of nitrogens with two attached hydrogens (primary N) is 1. The summed E-state index contributed by atoms with van der Waals surface area (Å²) < 4.78 is 20.4. The lowest BCUT2D eigenvalue weighted by Crippen LogP contribution is -2.08. The third-order valence-electron chi connectivity index (χ3n) is 3.52. The van der Waals surface area contributed by atoms with Crippen LogP contribution < -0.4 is 5.73 Å². The molecule has 18 heavy (non-hydrogen) atoms. The first-order valence-electron chi connectivity index (χ1n) is 6.23. The number of benzene rings is 1. The van der Waals surface area contributed by atoms with Gasteiger partial charge in [0.15, 0.2) is 0 Å². The molecule has 3 rings (SSSR count). The summed E-state index contributed by atoms with van der Waals surface area (Å²) in [6.07, 6.45) is 2.13. The average Bonchev–Trinajstić information content (AvgIpc) is 2.93. The van der Waals surface area contributed by atoms with Gasteiger partial charge < -0.3 is 15.0 Å². The van der Waals surface area contributed by atoms with Crippen LogP contribution in [0.1, 0.15) is 12.8 Å². The number of imidazole rings is 1. The number of nitrogen functional groups attached to an aromatic ring is 1. The Kier molecular flexibility index (Phi) is 2.91. The first kappa shape index (κ1) is 11.5. The number of anilines is 1. The first-order chi connectivity index (χ1) is 8.74. The van der Waals surface area contributed by atoms with Crippen LogP contribution in [0.4, 0.5) is 10.3 Å². The molecule has 1 saturated heterocycles. The van der Waals surface area contributed by atoms with Gasteiger partial charge in [0.05, 0.1) is 11.0 Å². The van der Waals surface area contributed by atoms with Gasteiger partial charge in [0.25, 0.3) is 0 Å². The van der Waals surface area contributed by atoms with E-state index >= 15 is 0 Å². The number of fused-ring (bicyclic) bond motifs is 1. The third kappa shape index (κ3) is 2.06. The third-order valence-corrected chi connectivity index (χ3v) is 3.52. The van der Waals surface area contributed by atoms with Crippen molar-refractivity contribution >= 4 is 17.0 Å². The number of hydrogen-bond acceptors (Lipinski definition) is 3. The molecule has 0 aliphatic carbocycles. The molecule has 0 saturated carbocycles. The van der Waals surface area contributed by atoms with E-state index in [0.29, 0.717) is 17.4 Å². The summed E-state index contributed by atoms with van der Waals surface area (Å²) in [4.78, 5) is 4.19. The highest BCUT2D eigenvalue weighted by Gasteiger charge is 2.17. The van der Waals surface area contributed by atoms with Crippen LogP contribution in [0, 0.1) is 11.7 Å². The zero-order chi connectivity index (χ0) is 12.5. The fourth-order valence-electron chi connectivity index (χ4n) is 2.48. The number of nitrogens with zero attached hydrogens (tertiary/aromatic N) is 2. The van der Waals surface area contributed by atoms with Gasteiger partial charge >= 0.3 is 0 Å². The predicted molar refractivity (Wildman–Crippen MR) is 67.6 cm³/mol.